The minimum atomic E-state index is -0.582. The van der Waals surface area contributed by atoms with Gasteiger partial charge in [0.2, 0.25) is 0 Å². The highest BCUT2D eigenvalue weighted by Gasteiger charge is 1.80. The average molecular weight is 117 g/mol. The zero-order chi connectivity index (χ0) is 5.54. The number of unbranched alkanes of at least 4 members (excludes halogenated alkanes) is 1. The Bertz CT molecular complexity index is 47.0. The third-order valence-electron chi connectivity index (χ3n) is 0.659. The van der Waals surface area contributed by atoms with Crippen molar-refractivity contribution in [3.05, 3.63) is 0 Å². The van der Waals surface area contributed by atoms with E-state index >= 15 is 0 Å². The summed E-state index contributed by atoms with van der Waals surface area (Å²) in [4.78, 5) is 0. The Morgan fingerprint density at radius 2 is 2.43 bits per heavy atom. The smallest absolute Gasteiger partial charge is 0.520 e. The van der Waals surface area contributed by atoms with E-state index in [4.69, 9.17) is 0 Å². The van der Waals surface area contributed by atoms with Gasteiger partial charge in [-0.1, -0.05) is 13.3 Å². The summed E-state index contributed by atoms with van der Waals surface area (Å²) in [6.45, 7) is 2.70. The fourth-order valence-electron chi connectivity index (χ4n) is 0.258. The minimum Gasteiger partial charge on any atom is -0.520 e. The Balaban J connectivity index is 2.56. The van der Waals surface area contributed by atoms with Gasteiger partial charge in [-0.05, 0) is 6.42 Å². The molecule has 7 heavy (non-hydrogen) atoms. The summed E-state index contributed by atoms with van der Waals surface area (Å²) in [5.74, 6) is 0. The monoisotopic (exact) mass is 117 g/mol. The first-order chi connectivity index (χ1) is 3.41. The van der Waals surface area contributed by atoms with Crippen molar-refractivity contribution < 1.29 is 8.89 Å². The van der Waals surface area contributed by atoms with E-state index in [0.29, 0.717) is 6.61 Å². The first-order valence-electron chi connectivity index (χ1n) is 2.40. The van der Waals surface area contributed by atoms with Crippen molar-refractivity contribution in [2.75, 3.05) is 6.61 Å². The van der Waals surface area contributed by atoms with Gasteiger partial charge in [0.05, 0.1) is 6.61 Å². The Morgan fingerprint density at radius 3 is 2.86 bits per heavy atom. The number of rotatable bonds is 4. The lowest BCUT2D eigenvalue weighted by Gasteiger charge is -1.90. The normalized spacial score (nSPS) is 8.14. The van der Waals surface area contributed by atoms with Gasteiger partial charge in [0.1, 0.15) is 0 Å². The molecule has 0 aliphatic heterocycles. The van der Waals surface area contributed by atoms with Crippen LogP contribution in [0, 0.1) is 0 Å². The van der Waals surface area contributed by atoms with Crippen molar-refractivity contribution >= 4 is 9.65 Å². The van der Waals surface area contributed by atoms with E-state index in [1.165, 1.54) is 0 Å². The molecule has 3 heteroatoms. The van der Waals surface area contributed by atoms with Gasteiger partial charge in [-0.2, -0.15) is 0 Å². The third kappa shape index (κ3) is 5.82. The van der Waals surface area contributed by atoms with Gasteiger partial charge >= 0.3 is 9.65 Å². The second-order valence-corrected chi connectivity index (χ2v) is 1.74. The van der Waals surface area contributed by atoms with Crippen LogP contribution in [-0.4, -0.2) is 16.3 Å². The maximum atomic E-state index is 9.61. The molecule has 0 saturated carbocycles. The van der Waals surface area contributed by atoms with Gasteiger partial charge in [-0.25, -0.2) is 0 Å². The molecule has 0 heterocycles. The van der Waals surface area contributed by atoms with E-state index in [0.717, 1.165) is 12.8 Å². The van der Waals surface area contributed by atoms with E-state index < -0.39 is 9.65 Å². The second-order valence-electron chi connectivity index (χ2n) is 1.29. The largest absolute Gasteiger partial charge is 0.594 e. The van der Waals surface area contributed by atoms with Gasteiger partial charge in [0.25, 0.3) is 0 Å². The van der Waals surface area contributed by atoms with Crippen LogP contribution in [0.1, 0.15) is 19.8 Å². The molecule has 0 spiro atoms. The molecule has 0 aromatic heterocycles. The number of hydrogen-bond acceptors (Lipinski definition) is 2. The van der Waals surface area contributed by atoms with Crippen LogP contribution < -0.4 is 0 Å². The molecule has 0 fully saturated rings. The number of hydrogen-bond donors (Lipinski definition) is 0. The maximum absolute atomic E-state index is 9.61. The molecule has 41 valence electrons. The lowest BCUT2D eigenvalue weighted by atomic mass is 10.4. The molecule has 0 rings (SSSR count). The Kier molecular flexibility index (Phi) is 5.66. The molecule has 0 amide bonds. The van der Waals surface area contributed by atoms with Crippen molar-refractivity contribution in [1.82, 2.24) is 0 Å². The summed E-state index contributed by atoms with van der Waals surface area (Å²) >= 11 is 0. The van der Waals surface area contributed by atoms with Crippen molar-refractivity contribution in [2.45, 2.75) is 19.8 Å². The topological polar surface area (TPSA) is 26.3 Å². The third-order valence-corrected chi connectivity index (χ3v) is 0.981. The van der Waals surface area contributed by atoms with Crippen LogP contribution in [0.3, 0.4) is 0 Å². The van der Waals surface area contributed by atoms with Crippen LogP contribution >= 0.6 is 0 Å². The molecule has 0 aliphatic rings. The summed E-state index contributed by atoms with van der Waals surface area (Å²) < 4.78 is 14.2. The first-order valence-corrected chi connectivity index (χ1v) is 3.22. The van der Waals surface area contributed by atoms with Crippen molar-refractivity contribution in [1.29, 1.82) is 0 Å². The van der Waals surface area contributed by atoms with Crippen molar-refractivity contribution in [3.8, 4) is 0 Å². The van der Waals surface area contributed by atoms with E-state index in [-0.39, 0.29) is 0 Å². The van der Waals surface area contributed by atoms with E-state index in [2.05, 4.69) is 11.3 Å². The van der Waals surface area contributed by atoms with Gasteiger partial charge < -0.3 is 8.89 Å². The summed E-state index contributed by atoms with van der Waals surface area (Å²) in [7, 11) is -0.582. The predicted octanol–water partition coefficient (Wildman–Crippen LogP) is 0.768. The summed E-state index contributed by atoms with van der Waals surface area (Å²) in [6.07, 6.45) is 2.11. The predicted molar refractivity (Wildman–Crippen MR) is 27.3 cm³/mol. The van der Waals surface area contributed by atoms with Crippen LogP contribution in [0.5, 0.6) is 0 Å². The van der Waals surface area contributed by atoms with E-state index in [1.807, 2.05) is 0 Å². The lowest BCUT2D eigenvalue weighted by Crippen LogP contribution is -1.90. The summed E-state index contributed by atoms with van der Waals surface area (Å²) in [6, 6.07) is 0. The van der Waals surface area contributed by atoms with Gasteiger partial charge in [-0.15, -0.1) is 0 Å². The molecular formula is C4H9O2Si. The zero-order valence-corrected chi connectivity index (χ0v) is 5.44. The molecule has 0 atom stereocenters. The standard InChI is InChI=1S/C4H9O2Si/c1-2-3-4-6-7-5/h2-4H2,1H3. The second kappa shape index (κ2) is 5.82. The summed E-state index contributed by atoms with van der Waals surface area (Å²) in [5, 5.41) is 0. The highest BCUT2D eigenvalue weighted by molar-refractivity contribution is 6.06. The lowest BCUT2D eigenvalue weighted by molar-refractivity contribution is 0.301. The van der Waals surface area contributed by atoms with Gasteiger partial charge in [-0.3, -0.25) is 0 Å². The quantitative estimate of drug-likeness (QED) is 0.401. The first kappa shape index (κ1) is 6.82. The molecule has 0 unspecified atom stereocenters. The molecule has 2 nitrogen and oxygen atoms in total. The molecule has 1 radical (unpaired) electrons. The molecule has 0 aromatic carbocycles. The van der Waals surface area contributed by atoms with Gasteiger partial charge in [0.15, 0.2) is 0 Å². The van der Waals surface area contributed by atoms with Crippen LogP contribution in [0.25, 0.3) is 0 Å². The SMILES string of the molecule is CCCCO[Si]=O. The average Bonchev–Trinajstić information content (AvgIpc) is 1.69. The highest BCUT2D eigenvalue weighted by Crippen LogP contribution is 1.83. The van der Waals surface area contributed by atoms with E-state index in [1.54, 1.807) is 0 Å². The molecule has 0 aromatic rings. The van der Waals surface area contributed by atoms with Crippen molar-refractivity contribution in [3.63, 3.8) is 0 Å². The Morgan fingerprint density at radius 1 is 1.71 bits per heavy atom. The molecule has 0 N–H and O–H groups in total. The molecule has 0 aliphatic carbocycles. The molecule has 0 bridgehead atoms. The van der Waals surface area contributed by atoms with Crippen LogP contribution in [0.15, 0.2) is 0 Å². The molecule has 0 saturated heterocycles. The highest BCUT2D eigenvalue weighted by atomic mass is 28.2. The maximum Gasteiger partial charge on any atom is 0.594 e. The van der Waals surface area contributed by atoms with Crippen LogP contribution in [-0.2, 0) is 8.89 Å². The van der Waals surface area contributed by atoms with Gasteiger partial charge in [0, 0.05) is 0 Å². The van der Waals surface area contributed by atoms with Crippen LogP contribution in [0.2, 0.25) is 0 Å². The minimum absolute atomic E-state index is 0.582. The molecular weight excluding hydrogens is 108 g/mol. The zero-order valence-electron chi connectivity index (χ0n) is 4.44. The summed E-state index contributed by atoms with van der Waals surface area (Å²) in [5.41, 5.74) is 0. The van der Waals surface area contributed by atoms with Crippen LogP contribution in [0.4, 0.5) is 0 Å². The Labute approximate surface area is 45.9 Å². The van der Waals surface area contributed by atoms with Crippen molar-refractivity contribution in [2.24, 2.45) is 0 Å². The fraction of sp³-hybridized carbons (Fsp3) is 1.00. The van der Waals surface area contributed by atoms with E-state index in [9.17, 15) is 4.46 Å². The fourth-order valence-corrected chi connectivity index (χ4v) is 0.486. The Hall–Kier alpha value is -0.183.